The van der Waals surface area contributed by atoms with Gasteiger partial charge in [-0.15, -0.1) is 0 Å². The summed E-state index contributed by atoms with van der Waals surface area (Å²) in [5.41, 5.74) is 3.91. The van der Waals surface area contributed by atoms with Crippen molar-refractivity contribution in [3.05, 3.63) is 65.1 Å². The number of fused-ring (bicyclic) bond motifs is 1. The number of allylic oxidation sites excluding steroid dienone is 1. The molecule has 33 heavy (non-hydrogen) atoms. The van der Waals surface area contributed by atoms with Crippen LogP contribution >= 0.6 is 11.6 Å². The number of aromatic nitrogens is 1. The van der Waals surface area contributed by atoms with Gasteiger partial charge in [-0.05, 0) is 61.6 Å². The maximum absolute atomic E-state index is 12.1. The molecule has 2 aromatic rings. The van der Waals surface area contributed by atoms with Gasteiger partial charge in [-0.1, -0.05) is 30.7 Å². The fourth-order valence-corrected chi connectivity index (χ4v) is 4.69. The summed E-state index contributed by atoms with van der Waals surface area (Å²) in [5.74, 6) is 0.106. The second-order valence-electron chi connectivity index (χ2n) is 8.69. The smallest absolute Gasteiger partial charge is 0.221 e. The molecule has 1 atom stereocenters. The van der Waals surface area contributed by atoms with Crippen molar-refractivity contribution in [1.29, 1.82) is 0 Å². The molecule has 0 unspecified atom stereocenters. The Morgan fingerprint density at radius 2 is 2.09 bits per heavy atom. The van der Waals surface area contributed by atoms with Gasteiger partial charge in [-0.25, -0.2) is 0 Å². The van der Waals surface area contributed by atoms with E-state index in [2.05, 4.69) is 22.1 Å². The zero-order valence-electron chi connectivity index (χ0n) is 19.1. The molecule has 7 nitrogen and oxygen atoms in total. The summed E-state index contributed by atoms with van der Waals surface area (Å²) in [6, 6.07) is 10.1. The van der Waals surface area contributed by atoms with Gasteiger partial charge in [0.15, 0.2) is 0 Å². The molecule has 176 valence electrons. The second kappa shape index (κ2) is 11.0. The number of hydrogen-bond acceptors (Lipinski definition) is 6. The average Bonchev–Trinajstić information content (AvgIpc) is 3.27. The zero-order chi connectivity index (χ0) is 23.2. The van der Waals surface area contributed by atoms with Gasteiger partial charge < -0.3 is 5.32 Å². The Morgan fingerprint density at radius 1 is 1.27 bits per heavy atom. The highest BCUT2D eigenvalue weighted by Crippen LogP contribution is 2.34. The van der Waals surface area contributed by atoms with Gasteiger partial charge in [0.05, 0.1) is 12.7 Å². The van der Waals surface area contributed by atoms with E-state index in [0.717, 1.165) is 62.0 Å². The Balaban J connectivity index is 1.48. The van der Waals surface area contributed by atoms with Gasteiger partial charge in [0, 0.05) is 48.5 Å². The number of hydrazine groups is 1. The number of likely N-dealkylation sites (tertiary alicyclic amines) is 1. The van der Waals surface area contributed by atoms with E-state index < -0.39 is 0 Å². The molecule has 0 aliphatic carbocycles. The number of halogens is 1. The SMILES string of the molecule is CCCNC(=O)CCN1CCC[C@@H]1CN1C=C(Cc2ccc(Cl)cc2)c2ccncc2N1O. The molecule has 0 spiro atoms. The maximum Gasteiger partial charge on any atom is 0.221 e. The highest BCUT2D eigenvalue weighted by molar-refractivity contribution is 6.30. The third-order valence-corrected chi connectivity index (χ3v) is 6.56. The number of rotatable bonds is 9. The minimum atomic E-state index is 0.106. The van der Waals surface area contributed by atoms with E-state index >= 15 is 0 Å². The quantitative estimate of drug-likeness (QED) is 0.575. The molecule has 1 saturated heterocycles. The number of nitrogens with zero attached hydrogens (tertiary/aromatic N) is 4. The lowest BCUT2D eigenvalue weighted by Gasteiger charge is -2.38. The van der Waals surface area contributed by atoms with Crippen LogP contribution < -0.4 is 10.5 Å². The number of carbonyl (C=O) groups excluding carboxylic acids is 1. The third-order valence-electron chi connectivity index (χ3n) is 6.31. The van der Waals surface area contributed by atoms with Crippen LogP contribution in [0.3, 0.4) is 0 Å². The van der Waals surface area contributed by atoms with Gasteiger partial charge >= 0.3 is 0 Å². The van der Waals surface area contributed by atoms with Gasteiger partial charge in [0.1, 0.15) is 5.69 Å². The number of carbonyl (C=O) groups is 1. The minimum Gasteiger partial charge on any atom is -0.356 e. The van der Waals surface area contributed by atoms with Crippen LogP contribution in [0.2, 0.25) is 5.02 Å². The van der Waals surface area contributed by atoms with Gasteiger partial charge in [0.2, 0.25) is 5.91 Å². The zero-order valence-corrected chi connectivity index (χ0v) is 19.8. The van der Waals surface area contributed by atoms with Crippen LogP contribution in [0.15, 0.2) is 48.9 Å². The molecule has 0 radical (unpaired) electrons. The molecular weight excluding hydrogens is 438 g/mol. The first-order chi connectivity index (χ1) is 16.0. The predicted molar refractivity (Wildman–Crippen MR) is 131 cm³/mol. The molecule has 0 bridgehead atoms. The second-order valence-corrected chi connectivity index (χ2v) is 9.13. The molecule has 0 saturated carbocycles. The van der Waals surface area contributed by atoms with Crippen molar-refractivity contribution in [2.75, 3.05) is 31.4 Å². The molecule has 1 aromatic carbocycles. The number of anilines is 1. The van der Waals surface area contributed by atoms with Crippen LogP contribution in [0, 0.1) is 0 Å². The highest BCUT2D eigenvalue weighted by atomic mass is 35.5. The summed E-state index contributed by atoms with van der Waals surface area (Å²) in [6.07, 6.45) is 9.79. The Kier molecular flexibility index (Phi) is 7.85. The van der Waals surface area contributed by atoms with Crippen molar-refractivity contribution < 1.29 is 10.0 Å². The maximum atomic E-state index is 12.1. The first-order valence-corrected chi connectivity index (χ1v) is 12.1. The molecule has 4 rings (SSSR count). The monoisotopic (exact) mass is 469 g/mol. The van der Waals surface area contributed by atoms with Crippen molar-refractivity contribution in [3.63, 3.8) is 0 Å². The highest BCUT2D eigenvalue weighted by Gasteiger charge is 2.30. The van der Waals surface area contributed by atoms with Crippen LogP contribution in [-0.4, -0.2) is 58.2 Å². The number of benzene rings is 1. The van der Waals surface area contributed by atoms with E-state index in [9.17, 15) is 10.0 Å². The summed E-state index contributed by atoms with van der Waals surface area (Å²) in [4.78, 5) is 18.7. The van der Waals surface area contributed by atoms with E-state index in [4.69, 9.17) is 11.6 Å². The fourth-order valence-electron chi connectivity index (χ4n) is 4.56. The van der Waals surface area contributed by atoms with E-state index in [-0.39, 0.29) is 11.9 Å². The van der Waals surface area contributed by atoms with Crippen molar-refractivity contribution in [1.82, 2.24) is 20.2 Å². The number of amides is 1. The predicted octanol–water partition coefficient (Wildman–Crippen LogP) is 4.13. The molecular formula is C25H32ClN5O2. The van der Waals surface area contributed by atoms with Crippen molar-refractivity contribution in [2.24, 2.45) is 0 Å². The van der Waals surface area contributed by atoms with Crippen molar-refractivity contribution >= 4 is 28.8 Å². The lowest BCUT2D eigenvalue weighted by molar-refractivity contribution is -0.121. The number of pyridine rings is 1. The van der Waals surface area contributed by atoms with Crippen molar-refractivity contribution in [3.8, 4) is 0 Å². The first-order valence-electron chi connectivity index (χ1n) is 11.7. The van der Waals surface area contributed by atoms with Crippen LogP contribution in [0.5, 0.6) is 0 Å². The van der Waals surface area contributed by atoms with Crippen LogP contribution in [0.25, 0.3) is 5.57 Å². The van der Waals surface area contributed by atoms with E-state index in [0.29, 0.717) is 23.7 Å². The summed E-state index contributed by atoms with van der Waals surface area (Å²) < 4.78 is 0. The van der Waals surface area contributed by atoms with Gasteiger partial charge in [-0.3, -0.25) is 24.9 Å². The lowest BCUT2D eigenvalue weighted by Crippen LogP contribution is -2.47. The number of hydrogen-bond donors (Lipinski definition) is 2. The Labute approximate surface area is 200 Å². The molecule has 3 heterocycles. The topological polar surface area (TPSA) is 71.9 Å². The standard InChI is InChI=1S/C25H32ClN5O2/c1-2-11-28-25(32)10-14-29-13-3-4-22(29)18-30-17-20(15-19-5-7-21(26)8-6-19)23-9-12-27-16-24(23)31(30)33/h5-9,12,16-17,22,33H,2-4,10-11,13-15,18H2,1H3,(H,28,32)/t22-/m1/s1. The fraction of sp³-hybridized carbons (Fsp3) is 0.440. The molecule has 1 fully saturated rings. The Morgan fingerprint density at radius 3 is 2.88 bits per heavy atom. The largest absolute Gasteiger partial charge is 0.356 e. The normalized spacial score (nSPS) is 18.3. The van der Waals surface area contributed by atoms with Gasteiger partial charge in [-0.2, -0.15) is 5.17 Å². The molecule has 8 heteroatoms. The van der Waals surface area contributed by atoms with E-state index in [1.54, 1.807) is 12.4 Å². The Hall–Kier alpha value is -2.61. The third kappa shape index (κ3) is 5.85. The average molecular weight is 470 g/mol. The first kappa shape index (κ1) is 23.5. The van der Waals surface area contributed by atoms with Crippen LogP contribution in [0.1, 0.15) is 43.7 Å². The molecule has 2 N–H and O–H groups in total. The summed E-state index contributed by atoms with van der Waals surface area (Å²) in [6.45, 7) is 5.14. The van der Waals surface area contributed by atoms with E-state index in [1.807, 2.05) is 41.5 Å². The summed E-state index contributed by atoms with van der Waals surface area (Å²) in [5, 5.41) is 17.7. The molecule has 2 aliphatic rings. The molecule has 1 aromatic heterocycles. The van der Waals surface area contributed by atoms with Gasteiger partial charge in [0.25, 0.3) is 0 Å². The summed E-state index contributed by atoms with van der Waals surface area (Å²) >= 11 is 6.06. The molecule has 1 amide bonds. The van der Waals surface area contributed by atoms with E-state index in [1.165, 1.54) is 5.17 Å². The van der Waals surface area contributed by atoms with Crippen LogP contribution in [-0.2, 0) is 11.2 Å². The Bertz CT molecular complexity index is 981. The molecule has 2 aliphatic heterocycles. The minimum absolute atomic E-state index is 0.106. The number of nitrogens with one attached hydrogen (secondary N) is 1. The van der Waals surface area contributed by atoms with Crippen molar-refractivity contribution in [2.45, 2.75) is 45.1 Å². The van der Waals surface area contributed by atoms with Crippen LogP contribution in [0.4, 0.5) is 5.69 Å². The summed E-state index contributed by atoms with van der Waals surface area (Å²) in [7, 11) is 0. The lowest BCUT2D eigenvalue weighted by atomic mass is 9.97.